The molecular weight excluding hydrogens is 324 g/mol. The highest BCUT2D eigenvalue weighted by atomic mass is 32.2. The van der Waals surface area contributed by atoms with Crippen LogP contribution in [0.4, 0.5) is 0 Å². The predicted molar refractivity (Wildman–Crippen MR) is 94.7 cm³/mol. The molecule has 0 aliphatic rings. The van der Waals surface area contributed by atoms with Crippen molar-refractivity contribution in [3.8, 4) is 11.4 Å². The summed E-state index contributed by atoms with van der Waals surface area (Å²) in [6, 6.07) is 7.50. The number of ketones is 1. The number of hydrogen-bond donors (Lipinski definition) is 2. The van der Waals surface area contributed by atoms with E-state index in [1.807, 2.05) is 45.0 Å². The standard InChI is InChI=1S/C17H22N4O2S/c1-10(2)15(12(4)22)18-14(23)9-24-17-19-16(20-21-17)13-7-5-11(3)6-8-13/h5-8,10,15H,9H2,1-4H3,(H,18,23)(H,19,20,21). The molecule has 0 spiro atoms. The molecule has 24 heavy (non-hydrogen) atoms. The zero-order chi connectivity index (χ0) is 17.7. The number of aromatic amines is 1. The van der Waals surface area contributed by atoms with Crippen molar-refractivity contribution in [1.82, 2.24) is 20.5 Å². The van der Waals surface area contributed by atoms with Gasteiger partial charge in [0.25, 0.3) is 0 Å². The van der Waals surface area contributed by atoms with E-state index in [4.69, 9.17) is 0 Å². The van der Waals surface area contributed by atoms with Crippen LogP contribution in [0.15, 0.2) is 29.4 Å². The lowest BCUT2D eigenvalue weighted by atomic mass is 10.0. The Morgan fingerprint density at radius 1 is 1.25 bits per heavy atom. The Hall–Kier alpha value is -2.15. The molecule has 1 heterocycles. The Morgan fingerprint density at radius 2 is 1.92 bits per heavy atom. The van der Waals surface area contributed by atoms with Crippen molar-refractivity contribution < 1.29 is 9.59 Å². The average molecular weight is 346 g/mol. The molecule has 2 rings (SSSR count). The zero-order valence-electron chi connectivity index (χ0n) is 14.3. The molecule has 0 radical (unpaired) electrons. The van der Waals surface area contributed by atoms with Crippen LogP contribution in [-0.4, -0.2) is 38.7 Å². The number of rotatable bonds is 7. The van der Waals surface area contributed by atoms with Gasteiger partial charge in [0.2, 0.25) is 11.1 Å². The molecule has 0 aliphatic heterocycles. The maximum absolute atomic E-state index is 12.0. The minimum Gasteiger partial charge on any atom is -0.345 e. The van der Waals surface area contributed by atoms with Gasteiger partial charge in [0.1, 0.15) is 0 Å². The van der Waals surface area contributed by atoms with E-state index in [2.05, 4.69) is 20.5 Å². The molecule has 1 aromatic heterocycles. The summed E-state index contributed by atoms with van der Waals surface area (Å²) in [7, 11) is 0. The smallest absolute Gasteiger partial charge is 0.231 e. The average Bonchev–Trinajstić information content (AvgIpc) is 2.99. The lowest BCUT2D eigenvalue weighted by Crippen LogP contribution is -2.44. The number of aryl methyl sites for hydroxylation is 1. The summed E-state index contributed by atoms with van der Waals surface area (Å²) in [5, 5.41) is 10.3. The summed E-state index contributed by atoms with van der Waals surface area (Å²) in [4.78, 5) is 27.9. The molecule has 128 valence electrons. The van der Waals surface area contributed by atoms with Crippen LogP contribution in [0.25, 0.3) is 11.4 Å². The van der Waals surface area contributed by atoms with Gasteiger partial charge in [-0.2, -0.15) is 0 Å². The van der Waals surface area contributed by atoms with Gasteiger partial charge < -0.3 is 5.32 Å². The molecule has 0 saturated heterocycles. The van der Waals surface area contributed by atoms with Crippen molar-refractivity contribution in [2.75, 3.05) is 5.75 Å². The third-order valence-electron chi connectivity index (χ3n) is 3.54. The Morgan fingerprint density at radius 3 is 2.50 bits per heavy atom. The van der Waals surface area contributed by atoms with Gasteiger partial charge in [0.15, 0.2) is 11.6 Å². The second kappa shape index (κ2) is 8.10. The van der Waals surface area contributed by atoms with Crippen molar-refractivity contribution in [1.29, 1.82) is 0 Å². The first-order valence-electron chi connectivity index (χ1n) is 7.79. The quantitative estimate of drug-likeness (QED) is 0.753. The SMILES string of the molecule is CC(=O)C(NC(=O)CSc1n[nH]c(-c2ccc(C)cc2)n1)C(C)C. The van der Waals surface area contributed by atoms with Gasteiger partial charge >= 0.3 is 0 Å². The molecule has 1 aromatic carbocycles. The van der Waals surface area contributed by atoms with Crippen molar-refractivity contribution >= 4 is 23.5 Å². The first kappa shape index (κ1) is 18.2. The Balaban J connectivity index is 1.92. The van der Waals surface area contributed by atoms with E-state index in [0.29, 0.717) is 11.0 Å². The molecule has 0 saturated carbocycles. The molecule has 2 aromatic rings. The van der Waals surface area contributed by atoms with Gasteiger partial charge in [-0.25, -0.2) is 4.98 Å². The number of aromatic nitrogens is 3. The fourth-order valence-corrected chi connectivity index (χ4v) is 2.84. The maximum atomic E-state index is 12.0. The first-order chi connectivity index (χ1) is 11.4. The van der Waals surface area contributed by atoms with Crippen LogP contribution in [0.5, 0.6) is 0 Å². The number of H-pyrrole nitrogens is 1. The molecule has 7 heteroatoms. The minimum atomic E-state index is -0.451. The third-order valence-corrected chi connectivity index (χ3v) is 4.39. The van der Waals surface area contributed by atoms with Crippen LogP contribution < -0.4 is 5.32 Å². The van der Waals surface area contributed by atoms with Gasteiger partial charge in [0.05, 0.1) is 11.8 Å². The number of nitrogens with zero attached hydrogens (tertiary/aromatic N) is 2. The second-order valence-corrected chi connectivity index (χ2v) is 6.96. The number of benzene rings is 1. The fourth-order valence-electron chi connectivity index (χ4n) is 2.23. The summed E-state index contributed by atoms with van der Waals surface area (Å²) in [5.74, 6) is 0.662. The van der Waals surface area contributed by atoms with E-state index in [0.717, 1.165) is 5.56 Å². The molecule has 0 fully saturated rings. The Kier molecular flexibility index (Phi) is 6.14. The van der Waals surface area contributed by atoms with E-state index in [1.165, 1.54) is 24.2 Å². The highest BCUT2D eigenvalue weighted by molar-refractivity contribution is 7.99. The molecular formula is C17H22N4O2S. The van der Waals surface area contributed by atoms with Crippen molar-refractivity contribution in [3.05, 3.63) is 29.8 Å². The molecule has 6 nitrogen and oxygen atoms in total. The van der Waals surface area contributed by atoms with E-state index >= 15 is 0 Å². The summed E-state index contributed by atoms with van der Waals surface area (Å²) in [6.45, 7) is 7.32. The topological polar surface area (TPSA) is 87.7 Å². The van der Waals surface area contributed by atoms with Crippen molar-refractivity contribution in [2.24, 2.45) is 5.92 Å². The Labute approximate surface area is 145 Å². The molecule has 0 bridgehead atoms. The van der Waals surface area contributed by atoms with E-state index in [-0.39, 0.29) is 23.4 Å². The van der Waals surface area contributed by atoms with Crippen LogP contribution in [0.1, 0.15) is 26.3 Å². The van der Waals surface area contributed by atoms with E-state index in [9.17, 15) is 9.59 Å². The number of amides is 1. The van der Waals surface area contributed by atoms with Gasteiger partial charge in [-0.15, -0.1) is 5.10 Å². The first-order valence-corrected chi connectivity index (χ1v) is 8.77. The minimum absolute atomic E-state index is 0.0390. The van der Waals surface area contributed by atoms with Crippen molar-refractivity contribution in [3.63, 3.8) is 0 Å². The highest BCUT2D eigenvalue weighted by Crippen LogP contribution is 2.19. The monoisotopic (exact) mass is 346 g/mol. The summed E-state index contributed by atoms with van der Waals surface area (Å²) in [6.07, 6.45) is 0. The number of nitrogens with one attached hydrogen (secondary N) is 2. The molecule has 1 atom stereocenters. The van der Waals surface area contributed by atoms with Crippen LogP contribution in [-0.2, 0) is 9.59 Å². The number of carbonyl (C=O) groups excluding carboxylic acids is 2. The van der Waals surface area contributed by atoms with Crippen LogP contribution in [0.2, 0.25) is 0 Å². The van der Waals surface area contributed by atoms with Gasteiger partial charge in [-0.1, -0.05) is 55.4 Å². The maximum Gasteiger partial charge on any atom is 0.231 e. The summed E-state index contributed by atoms with van der Waals surface area (Å²) >= 11 is 1.24. The van der Waals surface area contributed by atoms with Crippen molar-refractivity contribution in [2.45, 2.75) is 38.9 Å². The molecule has 2 N–H and O–H groups in total. The molecule has 1 amide bonds. The number of thioether (sulfide) groups is 1. The normalized spacial score (nSPS) is 12.2. The highest BCUT2D eigenvalue weighted by Gasteiger charge is 2.20. The third kappa shape index (κ3) is 4.92. The lowest BCUT2D eigenvalue weighted by Gasteiger charge is -2.19. The predicted octanol–water partition coefficient (Wildman–Crippen LogP) is 2.60. The summed E-state index contributed by atoms with van der Waals surface area (Å²) in [5.41, 5.74) is 2.12. The van der Waals surface area contributed by atoms with Gasteiger partial charge in [-0.05, 0) is 19.8 Å². The summed E-state index contributed by atoms with van der Waals surface area (Å²) < 4.78 is 0. The molecule has 1 unspecified atom stereocenters. The van der Waals surface area contributed by atoms with Gasteiger partial charge in [0, 0.05) is 5.56 Å². The zero-order valence-corrected chi connectivity index (χ0v) is 15.1. The fraction of sp³-hybridized carbons (Fsp3) is 0.412. The van der Waals surface area contributed by atoms with Crippen LogP contribution in [0, 0.1) is 12.8 Å². The number of hydrogen-bond acceptors (Lipinski definition) is 5. The van der Waals surface area contributed by atoms with Gasteiger partial charge in [-0.3, -0.25) is 14.7 Å². The van der Waals surface area contributed by atoms with E-state index < -0.39 is 6.04 Å². The number of Topliss-reactive ketones (excluding diaryl/α,β-unsaturated/α-hetero) is 1. The van der Waals surface area contributed by atoms with Crippen LogP contribution in [0.3, 0.4) is 0 Å². The second-order valence-electron chi connectivity index (χ2n) is 6.02. The largest absolute Gasteiger partial charge is 0.345 e. The van der Waals surface area contributed by atoms with E-state index in [1.54, 1.807) is 0 Å². The number of carbonyl (C=O) groups is 2. The van der Waals surface area contributed by atoms with Crippen LogP contribution >= 0.6 is 11.8 Å². The lowest BCUT2D eigenvalue weighted by molar-refractivity contribution is -0.126. The molecule has 0 aliphatic carbocycles. The Bertz CT molecular complexity index is 710.